The summed E-state index contributed by atoms with van der Waals surface area (Å²) in [6, 6.07) is 9.78. The molecule has 0 atom stereocenters. The first kappa shape index (κ1) is 14.3. The smallest absolute Gasteiger partial charge is 0.205 e. The van der Waals surface area contributed by atoms with Crippen molar-refractivity contribution in [1.29, 1.82) is 0 Å². The molecule has 0 spiro atoms. The summed E-state index contributed by atoms with van der Waals surface area (Å²) >= 11 is 0. The number of Topliss-reactive ketones (excluding diaryl/α,β-unsaturated/α-hetero) is 1. The van der Waals surface area contributed by atoms with Crippen LogP contribution in [0.3, 0.4) is 0 Å². The van der Waals surface area contributed by atoms with Gasteiger partial charge in [-0.2, -0.15) is 0 Å². The molecular weight excluding hydrogens is 250 g/mol. The molecule has 1 aliphatic rings. The Hall–Kier alpha value is -2.16. The standard InChI is InChI=1S/C17H19NO2/c1-17(2,3)14-9-13(19)10-15(16(14)20)18-11-12-7-5-4-6-8-12/h4-10,18H,11H2,1-3H3. The van der Waals surface area contributed by atoms with Gasteiger partial charge in [0.25, 0.3) is 0 Å². The highest BCUT2D eigenvalue weighted by Gasteiger charge is 2.29. The lowest BCUT2D eigenvalue weighted by molar-refractivity contribution is -0.116. The van der Waals surface area contributed by atoms with Gasteiger partial charge in [-0.15, -0.1) is 0 Å². The Labute approximate surface area is 119 Å². The highest BCUT2D eigenvalue weighted by molar-refractivity contribution is 6.20. The first-order valence-electron chi connectivity index (χ1n) is 6.68. The van der Waals surface area contributed by atoms with Crippen molar-refractivity contribution >= 4 is 11.6 Å². The Morgan fingerprint density at radius 1 is 1.00 bits per heavy atom. The molecule has 104 valence electrons. The minimum atomic E-state index is -0.333. The van der Waals surface area contributed by atoms with Crippen molar-refractivity contribution in [3.05, 3.63) is 59.3 Å². The van der Waals surface area contributed by atoms with Gasteiger partial charge in [0.1, 0.15) is 0 Å². The molecule has 0 bridgehead atoms. The number of allylic oxidation sites excluding steroid dienone is 3. The lowest BCUT2D eigenvalue weighted by Crippen LogP contribution is -2.30. The molecule has 0 heterocycles. The van der Waals surface area contributed by atoms with Crippen LogP contribution in [0.15, 0.2) is 53.8 Å². The summed E-state index contributed by atoms with van der Waals surface area (Å²) in [5, 5.41) is 3.07. The zero-order chi connectivity index (χ0) is 14.8. The molecule has 2 rings (SSSR count). The third kappa shape index (κ3) is 3.23. The Morgan fingerprint density at radius 2 is 1.65 bits per heavy atom. The SMILES string of the molecule is CC(C)(C)C1=CC(=O)C=C(NCc2ccccc2)C1=O. The van der Waals surface area contributed by atoms with Gasteiger partial charge in [-0.3, -0.25) is 9.59 Å². The van der Waals surface area contributed by atoms with Crippen molar-refractivity contribution in [1.82, 2.24) is 5.32 Å². The zero-order valence-corrected chi connectivity index (χ0v) is 12.1. The zero-order valence-electron chi connectivity index (χ0n) is 12.1. The molecule has 0 saturated heterocycles. The summed E-state index contributed by atoms with van der Waals surface area (Å²) in [4.78, 5) is 24.1. The second-order valence-electron chi connectivity index (χ2n) is 5.94. The molecule has 0 aromatic heterocycles. The van der Waals surface area contributed by atoms with Crippen LogP contribution in [0.4, 0.5) is 0 Å². The Kier molecular flexibility index (Phi) is 3.89. The normalized spacial score (nSPS) is 15.8. The van der Waals surface area contributed by atoms with Crippen molar-refractivity contribution in [3.63, 3.8) is 0 Å². The summed E-state index contributed by atoms with van der Waals surface area (Å²) in [7, 11) is 0. The molecule has 1 aromatic carbocycles. The van der Waals surface area contributed by atoms with Crippen LogP contribution in [0.5, 0.6) is 0 Å². The van der Waals surface area contributed by atoms with Crippen LogP contribution in [-0.2, 0) is 16.1 Å². The summed E-state index contributed by atoms with van der Waals surface area (Å²) in [5.41, 5.74) is 1.67. The topological polar surface area (TPSA) is 46.2 Å². The summed E-state index contributed by atoms with van der Waals surface area (Å²) in [5.74, 6) is -0.224. The fourth-order valence-corrected chi connectivity index (χ4v) is 2.08. The maximum Gasteiger partial charge on any atom is 0.205 e. The van der Waals surface area contributed by atoms with Crippen LogP contribution in [0.2, 0.25) is 0 Å². The highest BCUT2D eigenvalue weighted by atomic mass is 16.1. The van der Waals surface area contributed by atoms with Crippen molar-refractivity contribution in [3.8, 4) is 0 Å². The molecular formula is C17H19NO2. The monoisotopic (exact) mass is 269 g/mol. The second kappa shape index (κ2) is 5.45. The van der Waals surface area contributed by atoms with Gasteiger partial charge in [-0.1, -0.05) is 51.1 Å². The Morgan fingerprint density at radius 3 is 2.25 bits per heavy atom. The van der Waals surface area contributed by atoms with E-state index < -0.39 is 0 Å². The van der Waals surface area contributed by atoms with Gasteiger partial charge in [-0.25, -0.2) is 0 Å². The maximum absolute atomic E-state index is 12.4. The second-order valence-corrected chi connectivity index (χ2v) is 5.94. The largest absolute Gasteiger partial charge is 0.378 e. The van der Waals surface area contributed by atoms with E-state index in [1.165, 1.54) is 12.2 Å². The number of nitrogens with one attached hydrogen (secondary N) is 1. The molecule has 0 unspecified atom stereocenters. The lowest BCUT2D eigenvalue weighted by atomic mass is 9.80. The summed E-state index contributed by atoms with van der Waals surface area (Å²) in [6.07, 6.45) is 2.82. The van der Waals surface area contributed by atoms with Crippen LogP contribution in [0.25, 0.3) is 0 Å². The molecule has 3 nitrogen and oxygen atoms in total. The van der Waals surface area contributed by atoms with E-state index in [0.29, 0.717) is 17.8 Å². The van der Waals surface area contributed by atoms with Gasteiger partial charge < -0.3 is 5.32 Å². The molecule has 0 radical (unpaired) electrons. The molecule has 0 fully saturated rings. The molecule has 1 aromatic rings. The average molecular weight is 269 g/mol. The summed E-state index contributed by atoms with van der Waals surface area (Å²) in [6.45, 7) is 6.33. The van der Waals surface area contributed by atoms with E-state index in [2.05, 4.69) is 5.32 Å². The van der Waals surface area contributed by atoms with Gasteiger partial charge in [-0.05, 0) is 17.1 Å². The fraction of sp³-hybridized carbons (Fsp3) is 0.294. The number of rotatable bonds is 3. The first-order chi connectivity index (χ1) is 9.38. The van der Waals surface area contributed by atoms with E-state index in [4.69, 9.17) is 0 Å². The van der Waals surface area contributed by atoms with E-state index in [-0.39, 0.29) is 17.0 Å². The van der Waals surface area contributed by atoms with Crippen molar-refractivity contribution < 1.29 is 9.59 Å². The van der Waals surface area contributed by atoms with E-state index in [0.717, 1.165) is 5.56 Å². The van der Waals surface area contributed by atoms with Gasteiger partial charge >= 0.3 is 0 Å². The molecule has 20 heavy (non-hydrogen) atoms. The lowest BCUT2D eigenvalue weighted by Gasteiger charge is -2.25. The third-order valence-corrected chi connectivity index (χ3v) is 3.20. The van der Waals surface area contributed by atoms with Gasteiger partial charge in [0, 0.05) is 18.2 Å². The quantitative estimate of drug-likeness (QED) is 0.858. The molecule has 0 saturated carbocycles. The number of carbonyl (C=O) groups is 2. The minimum absolute atomic E-state index is 0.0898. The van der Waals surface area contributed by atoms with Crippen LogP contribution < -0.4 is 5.32 Å². The Balaban J connectivity index is 2.13. The first-order valence-corrected chi connectivity index (χ1v) is 6.68. The fourth-order valence-electron chi connectivity index (χ4n) is 2.08. The van der Waals surface area contributed by atoms with E-state index in [9.17, 15) is 9.59 Å². The van der Waals surface area contributed by atoms with E-state index >= 15 is 0 Å². The number of benzene rings is 1. The molecule has 1 aliphatic carbocycles. The number of hydrogen-bond donors (Lipinski definition) is 1. The van der Waals surface area contributed by atoms with Crippen LogP contribution >= 0.6 is 0 Å². The number of carbonyl (C=O) groups excluding carboxylic acids is 2. The van der Waals surface area contributed by atoms with Crippen molar-refractivity contribution in [2.24, 2.45) is 5.41 Å². The van der Waals surface area contributed by atoms with E-state index in [1.54, 1.807) is 0 Å². The summed E-state index contributed by atoms with van der Waals surface area (Å²) < 4.78 is 0. The van der Waals surface area contributed by atoms with E-state index in [1.807, 2.05) is 51.1 Å². The predicted octanol–water partition coefficient (Wildman–Crippen LogP) is 2.78. The molecule has 3 heteroatoms. The Bertz CT molecular complexity index is 589. The predicted molar refractivity (Wildman–Crippen MR) is 78.9 cm³/mol. The van der Waals surface area contributed by atoms with Crippen LogP contribution in [-0.4, -0.2) is 11.6 Å². The van der Waals surface area contributed by atoms with Gasteiger partial charge in [0.15, 0.2) is 5.78 Å². The van der Waals surface area contributed by atoms with Crippen LogP contribution in [0, 0.1) is 5.41 Å². The number of ketones is 2. The van der Waals surface area contributed by atoms with Crippen LogP contribution in [0.1, 0.15) is 26.3 Å². The van der Waals surface area contributed by atoms with Gasteiger partial charge in [0.2, 0.25) is 5.78 Å². The molecule has 0 amide bonds. The molecule has 0 aliphatic heterocycles. The van der Waals surface area contributed by atoms with Crippen molar-refractivity contribution in [2.45, 2.75) is 27.3 Å². The molecule has 1 N–H and O–H groups in total. The third-order valence-electron chi connectivity index (χ3n) is 3.20. The van der Waals surface area contributed by atoms with Crippen molar-refractivity contribution in [2.75, 3.05) is 0 Å². The average Bonchev–Trinajstić information content (AvgIpc) is 2.39. The number of hydrogen-bond acceptors (Lipinski definition) is 3. The maximum atomic E-state index is 12.4. The minimum Gasteiger partial charge on any atom is -0.378 e. The van der Waals surface area contributed by atoms with Gasteiger partial charge in [0.05, 0.1) is 5.70 Å². The highest BCUT2D eigenvalue weighted by Crippen LogP contribution is 2.29.